The van der Waals surface area contributed by atoms with E-state index < -0.39 is 0 Å². The molecule has 0 saturated carbocycles. The zero-order chi connectivity index (χ0) is 18.7. The monoisotopic (exact) mass is 453 g/mol. The second-order valence-electron chi connectivity index (χ2n) is 5.30. The number of thiocarbonyl (C=S) groups is 1. The van der Waals surface area contributed by atoms with Crippen LogP contribution in [-0.2, 0) is 11.4 Å². The number of carbonyl (C=O) groups excluding carboxylic acids is 1. The standard InChI is InChI=1S/C18H13BrFNO3S2/c1-23-14-7-11(8-15-17(22)21-18(25)26-15)6-13(19)16(14)24-9-10-2-4-12(20)5-3-10/h2-8H,9H2,1H3,(H,21,22,25)/b15-8-. The molecule has 4 nitrogen and oxygen atoms in total. The predicted molar refractivity (Wildman–Crippen MR) is 108 cm³/mol. The van der Waals surface area contributed by atoms with Gasteiger partial charge in [-0.1, -0.05) is 36.1 Å². The topological polar surface area (TPSA) is 47.6 Å². The Morgan fingerprint density at radius 2 is 2.04 bits per heavy atom. The van der Waals surface area contributed by atoms with Gasteiger partial charge in [-0.15, -0.1) is 0 Å². The van der Waals surface area contributed by atoms with Gasteiger partial charge in [-0.25, -0.2) is 4.39 Å². The summed E-state index contributed by atoms with van der Waals surface area (Å²) in [6, 6.07) is 9.68. The molecule has 0 bridgehead atoms. The van der Waals surface area contributed by atoms with E-state index in [0.717, 1.165) is 11.1 Å². The molecular weight excluding hydrogens is 441 g/mol. The van der Waals surface area contributed by atoms with Crippen LogP contribution < -0.4 is 14.8 Å². The Hall–Kier alpha value is -1.90. The molecule has 0 spiro atoms. The van der Waals surface area contributed by atoms with Crippen molar-refractivity contribution in [1.82, 2.24) is 5.32 Å². The summed E-state index contributed by atoms with van der Waals surface area (Å²) in [6.07, 6.45) is 1.73. The number of ether oxygens (including phenoxy) is 2. The fourth-order valence-corrected chi connectivity index (χ4v) is 3.89. The van der Waals surface area contributed by atoms with Gasteiger partial charge in [-0.05, 0) is 57.4 Å². The summed E-state index contributed by atoms with van der Waals surface area (Å²) < 4.78 is 25.3. The van der Waals surface area contributed by atoms with E-state index >= 15 is 0 Å². The molecule has 0 atom stereocenters. The van der Waals surface area contributed by atoms with Crippen molar-refractivity contribution in [3.05, 3.63) is 62.7 Å². The first-order valence-electron chi connectivity index (χ1n) is 7.46. The summed E-state index contributed by atoms with van der Waals surface area (Å²) in [4.78, 5) is 12.3. The van der Waals surface area contributed by atoms with Crippen LogP contribution in [0, 0.1) is 5.82 Å². The molecule has 0 unspecified atom stereocenters. The molecule has 26 heavy (non-hydrogen) atoms. The minimum atomic E-state index is -0.293. The Morgan fingerprint density at radius 1 is 1.31 bits per heavy atom. The number of hydrogen-bond acceptors (Lipinski definition) is 5. The molecular formula is C18H13BrFNO3S2. The molecule has 8 heteroatoms. The van der Waals surface area contributed by atoms with E-state index in [1.165, 1.54) is 31.0 Å². The molecule has 2 aromatic rings. The van der Waals surface area contributed by atoms with Crippen molar-refractivity contribution in [3.8, 4) is 11.5 Å². The van der Waals surface area contributed by atoms with Crippen molar-refractivity contribution in [3.63, 3.8) is 0 Å². The van der Waals surface area contributed by atoms with Crippen LogP contribution in [0.5, 0.6) is 11.5 Å². The molecule has 134 valence electrons. The smallest absolute Gasteiger partial charge is 0.263 e. The third kappa shape index (κ3) is 4.44. The maximum Gasteiger partial charge on any atom is 0.263 e. The number of benzene rings is 2. The van der Waals surface area contributed by atoms with Crippen molar-refractivity contribution >= 4 is 56.2 Å². The highest BCUT2D eigenvalue weighted by molar-refractivity contribution is 9.10. The molecule has 0 aliphatic carbocycles. The van der Waals surface area contributed by atoms with E-state index in [9.17, 15) is 9.18 Å². The number of thioether (sulfide) groups is 1. The second kappa shape index (κ2) is 8.20. The summed E-state index contributed by atoms with van der Waals surface area (Å²) in [7, 11) is 1.54. The highest BCUT2D eigenvalue weighted by Gasteiger charge is 2.22. The van der Waals surface area contributed by atoms with Gasteiger partial charge in [0.1, 0.15) is 16.7 Å². The predicted octanol–water partition coefficient (Wildman–Crippen LogP) is 4.66. The van der Waals surface area contributed by atoms with Crippen molar-refractivity contribution in [2.45, 2.75) is 6.61 Å². The summed E-state index contributed by atoms with van der Waals surface area (Å²) in [5.41, 5.74) is 1.60. The van der Waals surface area contributed by atoms with Gasteiger partial charge in [0.05, 0.1) is 16.5 Å². The van der Waals surface area contributed by atoms with Crippen molar-refractivity contribution in [2.75, 3.05) is 7.11 Å². The van der Waals surface area contributed by atoms with E-state index in [1.807, 2.05) is 6.07 Å². The van der Waals surface area contributed by atoms with Gasteiger partial charge in [-0.2, -0.15) is 0 Å². The van der Waals surface area contributed by atoms with Crippen LogP contribution in [0.1, 0.15) is 11.1 Å². The Labute approximate surface area is 167 Å². The normalized spacial score (nSPS) is 15.3. The molecule has 2 aromatic carbocycles. The number of halogens is 2. The van der Waals surface area contributed by atoms with Crippen LogP contribution in [0.15, 0.2) is 45.8 Å². The number of nitrogens with one attached hydrogen (secondary N) is 1. The van der Waals surface area contributed by atoms with Crippen molar-refractivity contribution in [1.29, 1.82) is 0 Å². The van der Waals surface area contributed by atoms with E-state index in [0.29, 0.717) is 25.2 Å². The first kappa shape index (κ1) is 18.9. The molecule has 1 heterocycles. The summed E-state index contributed by atoms with van der Waals surface area (Å²) in [6.45, 7) is 0.266. The SMILES string of the molecule is COc1cc(/C=C2\SC(=S)NC2=O)cc(Br)c1OCc1ccc(F)cc1. The van der Waals surface area contributed by atoms with Crippen LogP contribution in [0.3, 0.4) is 0 Å². The minimum Gasteiger partial charge on any atom is -0.493 e. The largest absolute Gasteiger partial charge is 0.493 e. The highest BCUT2D eigenvalue weighted by atomic mass is 79.9. The number of rotatable bonds is 5. The van der Waals surface area contributed by atoms with Gasteiger partial charge in [-0.3, -0.25) is 4.79 Å². The molecule has 1 N–H and O–H groups in total. The Morgan fingerprint density at radius 3 is 2.65 bits per heavy atom. The quantitative estimate of drug-likeness (QED) is 0.526. The highest BCUT2D eigenvalue weighted by Crippen LogP contribution is 2.38. The zero-order valence-corrected chi connectivity index (χ0v) is 16.8. The zero-order valence-electron chi connectivity index (χ0n) is 13.5. The van der Waals surface area contributed by atoms with Gasteiger partial charge in [0, 0.05) is 0 Å². The minimum absolute atomic E-state index is 0.216. The van der Waals surface area contributed by atoms with Crippen molar-refractivity contribution < 1.29 is 18.7 Å². The Kier molecular flexibility index (Phi) is 5.95. The fraction of sp³-hybridized carbons (Fsp3) is 0.111. The summed E-state index contributed by atoms with van der Waals surface area (Å²) in [5.74, 6) is 0.530. The average Bonchev–Trinajstić information content (AvgIpc) is 2.92. The van der Waals surface area contributed by atoms with E-state index in [2.05, 4.69) is 21.2 Å². The number of carbonyl (C=O) groups is 1. The molecule has 1 saturated heterocycles. The van der Waals surface area contributed by atoms with E-state index in [-0.39, 0.29) is 18.3 Å². The first-order chi connectivity index (χ1) is 12.5. The van der Waals surface area contributed by atoms with Gasteiger partial charge in [0.2, 0.25) is 0 Å². The summed E-state index contributed by atoms with van der Waals surface area (Å²) >= 11 is 9.67. The number of methoxy groups -OCH3 is 1. The maximum absolute atomic E-state index is 13.0. The lowest BCUT2D eigenvalue weighted by Crippen LogP contribution is -2.17. The average molecular weight is 454 g/mol. The van der Waals surface area contributed by atoms with E-state index in [4.69, 9.17) is 21.7 Å². The van der Waals surface area contributed by atoms with E-state index in [1.54, 1.807) is 24.3 Å². The van der Waals surface area contributed by atoms with Gasteiger partial charge in [0.25, 0.3) is 5.91 Å². The molecule has 3 rings (SSSR count). The fourth-order valence-electron chi connectivity index (χ4n) is 2.27. The van der Waals surface area contributed by atoms with Gasteiger partial charge < -0.3 is 14.8 Å². The van der Waals surface area contributed by atoms with Gasteiger partial charge >= 0.3 is 0 Å². The number of amides is 1. The lowest BCUT2D eigenvalue weighted by Gasteiger charge is -2.14. The lowest BCUT2D eigenvalue weighted by atomic mass is 10.2. The molecule has 1 fully saturated rings. The Bertz CT molecular complexity index is 900. The third-order valence-corrected chi connectivity index (χ3v) is 5.24. The van der Waals surface area contributed by atoms with Gasteiger partial charge in [0.15, 0.2) is 11.5 Å². The van der Waals surface area contributed by atoms with Crippen LogP contribution in [0.2, 0.25) is 0 Å². The number of hydrogen-bond donors (Lipinski definition) is 1. The lowest BCUT2D eigenvalue weighted by molar-refractivity contribution is -0.115. The molecule has 1 aliphatic heterocycles. The van der Waals surface area contributed by atoms with Crippen LogP contribution in [0.4, 0.5) is 4.39 Å². The molecule has 0 radical (unpaired) electrons. The maximum atomic E-state index is 13.0. The molecule has 0 aromatic heterocycles. The third-order valence-electron chi connectivity index (χ3n) is 3.49. The first-order valence-corrected chi connectivity index (χ1v) is 9.47. The second-order valence-corrected chi connectivity index (χ2v) is 7.87. The van der Waals surface area contributed by atoms with Crippen LogP contribution in [-0.4, -0.2) is 17.3 Å². The molecule has 1 amide bonds. The molecule has 1 aliphatic rings. The van der Waals surface area contributed by atoms with Crippen LogP contribution in [0.25, 0.3) is 6.08 Å². The summed E-state index contributed by atoms with van der Waals surface area (Å²) in [5, 5.41) is 2.58. The Balaban J connectivity index is 1.83. The van der Waals surface area contributed by atoms with Crippen LogP contribution >= 0.6 is 39.9 Å². The van der Waals surface area contributed by atoms with Crippen molar-refractivity contribution in [2.24, 2.45) is 0 Å².